The summed E-state index contributed by atoms with van der Waals surface area (Å²) in [5.41, 5.74) is 1.31. The largest absolute Gasteiger partial charge is 0.366 e. The number of hydrogen-bond donors (Lipinski definition) is 1. The molecule has 0 spiro atoms. The van der Waals surface area contributed by atoms with Crippen molar-refractivity contribution in [3.8, 4) is 5.75 Å². The maximum atomic E-state index is 5.94. The summed E-state index contributed by atoms with van der Waals surface area (Å²) < 4.78 is 9.75. The highest BCUT2D eigenvalue weighted by atomic mass is 31.2. The van der Waals surface area contributed by atoms with Crippen molar-refractivity contribution in [2.45, 2.75) is 6.16 Å². The summed E-state index contributed by atoms with van der Waals surface area (Å²) in [6, 6.07) is 20.3. The quantitative estimate of drug-likeness (QED) is 0.748. The molecule has 0 fully saturated rings. The van der Waals surface area contributed by atoms with Gasteiger partial charge in [0.2, 0.25) is 0 Å². The molecule has 1 aromatic heterocycles. The Balaban J connectivity index is 1.85. The Morgan fingerprint density at radius 2 is 1.80 bits per heavy atom. The number of rotatable bonds is 4. The van der Waals surface area contributed by atoms with Crippen molar-refractivity contribution in [2.75, 3.05) is 0 Å². The molecular weight excluding hydrogens is 307 g/mol. The molecule has 3 rings (SSSR count). The minimum absolute atomic E-state index is 0.450. The predicted molar refractivity (Wildman–Crippen MR) is 86.9 cm³/mol. The Morgan fingerprint density at radius 3 is 2.55 bits per heavy atom. The number of H-pyrrole nitrogens is 1. The van der Waals surface area contributed by atoms with E-state index in [-0.39, 0.29) is 0 Å². The van der Waals surface area contributed by atoms with Gasteiger partial charge in [0.05, 0.1) is 7.85 Å². The average Bonchev–Trinajstić information content (AvgIpc) is 2.51. The van der Waals surface area contributed by atoms with Gasteiger partial charge in [-0.15, -0.1) is 4.26 Å². The molecular formula is C13H14N3OP3. The van der Waals surface area contributed by atoms with Crippen LogP contribution in [-0.4, -0.2) is 13.3 Å². The number of benzene rings is 2. The van der Waals surface area contributed by atoms with Gasteiger partial charge in [0, 0.05) is 14.7 Å². The minimum Gasteiger partial charge on any atom is -0.366 e. The van der Waals surface area contributed by atoms with E-state index in [0.717, 1.165) is 20.4 Å². The van der Waals surface area contributed by atoms with Gasteiger partial charge < -0.3 is 9.35 Å². The third kappa shape index (κ3) is 3.55. The van der Waals surface area contributed by atoms with Gasteiger partial charge in [0.1, 0.15) is 0 Å². The minimum atomic E-state index is -0.568. The van der Waals surface area contributed by atoms with E-state index in [1.807, 2.05) is 40.7 Å². The lowest BCUT2D eigenvalue weighted by Crippen LogP contribution is -2.01. The van der Waals surface area contributed by atoms with Gasteiger partial charge in [-0.2, -0.15) is 4.51 Å². The fraction of sp³-hybridized carbons (Fsp3) is 0.0769. The summed E-state index contributed by atoms with van der Waals surface area (Å²) in [5, 5.41) is 0. The van der Waals surface area contributed by atoms with Gasteiger partial charge in [-0.05, 0) is 17.7 Å². The first kappa shape index (κ1) is 13.5. The number of aromatic amines is 1. The summed E-state index contributed by atoms with van der Waals surface area (Å²) in [6.07, 6.45) is 0.957. The van der Waals surface area contributed by atoms with E-state index in [9.17, 15) is 0 Å². The van der Waals surface area contributed by atoms with Crippen molar-refractivity contribution in [3.05, 3.63) is 66.2 Å². The van der Waals surface area contributed by atoms with Crippen LogP contribution in [0.15, 0.2) is 60.7 Å². The summed E-state index contributed by atoms with van der Waals surface area (Å²) in [4.78, 5) is 5.94. The second kappa shape index (κ2) is 6.81. The van der Waals surface area contributed by atoms with Crippen LogP contribution in [0.4, 0.5) is 0 Å². The van der Waals surface area contributed by atoms with E-state index in [1.165, 1.54) is 5.56 Å². The first-order valence-electron chi connectivity index (χ1n) is 6.18. The molecule has 0 aliphatic heterocycles. The zero-order chi connectivity index (χ0) is 13.6. The van der Waals surface area contributed by atoms with Crippen molar-refractivity contribution >= 4 is 24.9 Å². The number of hydrogen-bond acceptors (Lipinski definition) is 2. The first-order valence-corrected chi connectivity index (χ1v) is 9.40. The van der Waals surface area contributed by atoms with E-state index in [0.29, 0.717) is 8.51 Å². The molecule has 0 amide bonds. The molecule has 0 aliphatic carbocycles. The van der Waals surface area contributed by atoms with Gasteiger partial charge in [-0.1, -0.05) is 48.5 Å². The standard InChI is InChI=1S/C13H14N3OP3/c1-3-7-12(8-4-1)11-20-15-18-14-19-16(20)17-13-9-5-2-6-10-13/h1-10,15,18H,11H2. The molecule has 0 radical (unpaired) electrons. The topological polar surface area (TPSA) is 42.8 Å². The summed E-state index contributed by atoms with van der Waals surface area (Å²) in [7, 11) is 0.765. The number of aromatic nitrogens is 3. The molecule has 7 heteroatoms. The van der Waals surface area contributed by atoms with Gasteiger partial charge in [-0.3, -0.25) is 0 Å². The molecule has 0 bridgehead atoms. The fourth-order valence-corrected chi connectivity index (χ4v) is 6.26. The van der Waals surface area contributed by atoms with Crippen molar-refractivity contribution in [1.29, 1.82) is 0 Å². The molecule has 0 aliphatic rings. The molecule has 1 N–H and O–H groups in total. The molecule has 2 atom stereocenters. The van der Waals surface area contributed by atoms with Crippen LogP contribution < -0.4 is 4.84 Å². The second-order valence-electron chi connectivity index (χ2n) is 4.11. The van der Waals surface area contributed by atoms with E-state index in [2.05, 4.69) is 33.3 Å². The van der Waals surface area contributed by atoms with Gasteiger partial charge >= 0.3 is 0 Å². The van der Waals surface area contributed by atoms with Crippen LogP contribution in [0.2, 0.25) is 0 Å². The third-order valence-corrected chi connectivity index (χ3v) is 7.13. The van der Waals surface area contributed by atoms with Crippen LogP contribution in [0.3, 0.4) is 0 Å². The number of nitrogens with zero attached hydrogens (tertiary/aromatic N) is 2. The second-order valence-corrected chi connectivity index (χ2v) is 8.37. The van der Waals surface area contributed by atoms with E-state index in [4.69, 9.17) is 4.84 Å². The lowest BCUT2D eigenvalue weighted by atomic mass is 10.2. The SMILES string of the molecule is c1ccc(Cp2[nH][pH]npn2Oc2ccccc2)cc1. The van der Waals surface area contributed by atoms with Crippen LogP contribution in [0.5, 0.6) is 5.75 Å². The van der Waals surface area contributed by atoms with Crippen LogP contribution >= 0.6 is 24.9 Å². The zero-order valence-electron chi connectivity index (χ0n) is 10.7. The molecule has 20 heavy (non-hydrogen) atoms. The van der Waals surface area contributed by atoms with Crippen LogP contribution in [0.1, 0.15) is 5.56 Å². The van der Waals surface area contributed by atoms with Crippen molar-refractivity contribution in [1.82, 2.24) is 13.3 Å². The molecule has 102 valence electrons. The van der Waals surface area contributed by atoms with Gasteiger partial charge in [0.15, 0.2) is 14.3 Å². The van der Waals surface area contributed by atoms with Gasteiger partial charge in [-0.25, -0.2) is 0 Å². The smallest absolute Gasteiger partial charge is 0.182 e. The van der Waals surface area contributed by atoms with Crippen molar-refractivity contribution in [2.24, 2.45) is 0 Å². The molecule has 2 aromatic carbocycles. The first-order chi connectivity index (χ1) is 9.92. The third-order valence-electron chi connectivity index (χ3n) is 2.66. The average molecular weight is 321 g/mol. The molecule has 4 nitrogen and oxygen atoms in total. The van der Waals surface area contributed by atoms with E-state index >= 15 is 0 Å². The molecule has 0 saturated carbocycles. The van der Waals surface area contributed by atoms with Gasteiger partial charge in [0.25, 0.3) is 0 Å². The molecule has 3 aromatic rings. The van der Waals surface area contributed by atoms with Crippen LogP contribution in [0.25, 0.3) is 0 Å². The van der Waals surface area contributed by atoms with Crippen molar-refractivity contribution in [3.63, 3.8) is 0 Å². The zero-order valence-corrected chi connectivity index (χ0v) is 13.5. The van der Waals surface area contributed by atoms with Crippen LogP contribution in [-0.2, 0) is 6.16 Å². The van der Waals surface area contributed by atoms with Crippen LogP contribution in [0, 0.1) is 0 Å². The number of para-hydroxylation sites is 1. The number of nitrogens with one attached hydrogen (secondary N) is 1. The Labute approximate surface area is 121 Å². The lowest BCUT2D eigenvalue weighted by Gasteiger charge is -2.12. The maximum Gasteiger partial charge on any atom is 0.182 e. The maximum absolute atomic E-state index is 5.94. The Morgan fingerprint density at radius 1 is 1.10 bits per heavy atom. The monoisotopic (exact) mass is 321 g/mol. The van der Waals surface area contributed by atoms with E-state index < -0.39 is 7.85 Å². The highest BCUT2D eigenvalue weighted by Gasteiger charge is 2.03. The summed E-state index contributed by atoms with van der Waals surface area (Å²) in [5.74, 6) is 0.850. The lowest BCUT2D eigenvalue weighted by molar-refractivity contribution is 0.274. The Kier molecular flexibility index (Phi) is 4.61. The molecule has 0 saturated heterocycles. The van der Waals surface area contributed by atoms with E-state index in [1.54, 1.807) is 0 Å². The molecule has 1 heterocycles. The van der Waals surface area contributed by atoms with Crippen molar-refractivity contribution < 1.29 is 4.84 Å². The highest BCUT2D eigenvalue weighted by Crippen LogP contribution is 2.32. The summed E-state index contributed by atoms with van der Waals surface area (Å²) in [6.45, 7) is 0. The Hall–Kier alpha value is -1.46. The summed E-state index contributed by atoms with van der Waals surface area (Å²) >= 11 is 0. The predicted octanol–water partition coefficient (Wildman–Crippen LogP) is 4.82. The molecule has 2 unspecified atom stereocenters. The normalized spacial score (nSPS) is 11.9. The highest BCUT2D eigenvalue weighted by molar-refractivity contribution is 7.53. The Bertz CT molecular complexity index is 622. The fourth-order valence-electron chi connectivity index (χ4n) is 1.73.